The number of nitro benzene ring substituents is 1. The molecular formula is C13H17BrN2O2. The van der Waals surface area contributed by atoms with Crippen LogP contribution in [0.5, 0.6) is 0 Å². The van der Waals surface area contributed by atoms with Crippen molar-refractivity contribution in [3.63, 3.8) is 0 Å². The zero-order chi connectivity index (χ0) is 13.1. The summed E-state index contributed by atoms with van der Waals surface area (Å²) in [6, 6.07) is 5.07. The molecule has 1 aliphatic carbocycles. The number of nitrogens with zero attached hydrogens (tertiary/aromatic N) is 1. The third kappa shape index (κ3) is 3.78. The van der Waals surface area contributed by atoms with Crippen LogP contribution in [0.1, 0.15) is 25.3 Å². The van der Waals surface area contributed by atoms with E-state index in [4.69, 9.17) is 0 Å². The lowest BCUT2D eigenvalue weighted by atomic mass is 10.1. The lowest BCUT2D eigenvalue weighted by Crippen LogP contribution is -2.21. The Labute approximate surface area is 115 Å². The van der Waals surface area contributed by atoms with E-state index in [0.717, 1.165) is 22.5 Å². The van der Waals surface area contributed by atoms with Gasteiger partial charge in [0, 0.05) is 23.2 Å². The second kappa shape index (κ2) is 5.80. The Morgan fingerprint density at radius 3 is 2.83 bits per heavy atom. The highest BCUT2D eigenvalue weighted by Crippen LogP contribution is 2.36. The van der Waals surface area contributed by atoms with E-state index in [0.29, 0.717) is 12.5 Å². The summed E-state index contributed by atoms with van der Waals surface area (Å²) in [4.78, 5) is 10.4. The first kappa shape index (κ1) is 13.5. The first-order chi connectivity index (χ1) is 8.56. The zero-order valence-electron chi connectivity index (χ0n) is 10.4. The minimum absolute atomic E-state index is 0.136. The molecule has 1 saturated carbocycles. The second-order valence-corrected chi connectivity index (χ2v) is 5.94. The number of nitro groups is 1. The maximum atomic E-state index is 10.7. The minimum Gasteiger partial charge on any atom is -0.312 e. The van der Waals surface area contributed by atoms with Gasteiger partial charge >= 0.3 is 0 Å². The molecule has 0 radical (unpaired) electrons. The van der Waals surface area contributed by atoms with E-state index in [1.807, 2.05) is 6.07 Å². The fourth-order valence-corrected chi connectivity index (χ4v) is 2.65. The van der Waals surface area contributed by atoms with Crippen molar-refractivity contribution in [1.82, 2.24) is 5.32 Å². The van der Waals surface area contributed by atoms with Crippen molar-refractivity contribution in [3.05, 3.63) is 38.3 Å². The molecule has 0 bridgehead atoms. The van der Waals surface area contributed by atoms with Gasteiger partial charge in [-0.2, -0.15) is 0 Å². The largest absolute Gasteiger partial charge is 0.312 e. The number of hydrogen-bond donors (Lipinski definition) is 1. The van der Waals surface area contributed by atoms with Crippen molar-refractivity contribution in [2.75, 3.05) is 6.54 Å². The molecule has 4 nitrogen and oxygen atoms in total. The molecule has 18 heavy (non-hydrogen) atoms. The third-order valence-electron chi connectivity index (χ3n) is 3.38. The normalized spacial score (nSPS) is 16.6. The predicted octanol–water partition coefficient (Wildman–Crippen LogP) is 3.49. The molecule has 0 aliphatic heterocycles. The summed E-state index contributed by atoms with van der Waals surface area (Å²) < 4.78 is 0.753. The lowest BCUT2D eigenvalue weighted by Gasteiger charge is -2.11. The Hall–Kier alpha value is -0.940. The molecule has 1 fully saturated rings. The summed E-state index contributed by atoms with van der Waals surface area (Å²) in [5.41, 5.74) is 1.08. The Morgan fingerprint density at radius 1 is 1.50 bits per heavy atom. The van der Waals surface area contributed by atoms with Crippen LogP contribution in [0.3, 0.4) is 0 Å². The fraction of sp³-hybridized carbons (Fsp3) is 0.538. The van der Waals surface area contributed by atoms with Crippen molar-refractivity contribution in [1.29, 1.82) is 0 Å². The van der Waals surface area contributed by atoms with Crippen LogP contribution >= 0.6 is 15.9 Å². The van der Waals surface area contributed by atoms with Gasteiger partial charge < -0.3 is 5.32 Å². The molecule has 1 unspecified atom stereocenters. The number of nitrogens with one attached hydrogen (secondary N) is 1. The number of rotatable bonds is 6. The monoisotopic (exact) mass is 312 g/mol. The summed E-state index contributed by atoms with van der Waals surface area (Å²) in [5, 5.41) is 14.1. The first-order valence-electron chi connectivity index (χ1n) is 6.21. The van der Waals surface area contributed by atoms with Crippen LogP contribution in [-0.4, -0.2) is 11.5 Å². The van der Waals surface area contributed by atoms with Gasteiger partial charge in [-0.1, -0.05) is 22.9 Å². The first-order valence-corrected chi connectivity index (χ1v) is 7.00. The van der Waals surface area contributed by atoms with Crippen molar-refractivity contribution < 1.29 is 4.92 Å². The quantitative estimate of drug-likeness (QED) is 0.646. The average molecular weight is 313 g/mol. The van der Waals surface area contributed by atoms with Gasteiger partial charge in [-0.05, 0) is 42.9 Å². The molecule has 5 heteroatoms. The zero-order valence-corrected chi connectivity index (χ0v) is 11.9. The highest BCUT2D eigenvalue weighted by atomic mass is 79.9. The molecule has 1 atom stereocenters. The van der Waals surface area contributed by atoms with Crippen molar-refractivity contribution in [2.24, 2.45) is 11.8 Å². The van der Waals surface area contributed by atoms with Crippen molar-refractivity contribution in [2.45, 2.75) is 26.3 Å². The summed E-state index contributed by atoms with van der Waals surface area (Å²) in [6.07, 6.45) is 2.70. The van der Waals surface area contributed by atoms with Crippen LogP contribution in [0.4, 0.5) is 5.69 Å². The molecule has 1 aromatic rings. The van der Waals surface area contributed by atoms with E-state index in [9.17, 15) is 10.1 Å². The van der Waals surface area contributed by atoms with Crippen LogP contribution in [0.15, 0.2) is 22.7 Å². The van der Waals surface area contributed by atoms with E-state index in [2.05, 4.69) is 28.2 Å². The SMILES string of the molecule is CC(CNCc1cc(Br)cc([N+](=O)[O-])c1)C1CC1. The van der Waals surface area contributed by atoms with Crippen LogP contribution in [0.25, 0.3) is 0 Å². The van der Waals surface area contributed by atoms with Gasteiger partial charge in [0.1, 0.15) is 0 Å². The van der Waals surface area contributed by atoms with Crippen LogP contribution < -0.4 is 5.32 Å². The van der Waals surface area contributed by atoms with E-state index in [1.165, 1.54) is 18.9 Å². The molecule has 2 rings (SSSR count). The summed E-state index contributed by atoms with van der Waals surface area (Å²) in [7, 11) is 0. The molecule has 0 aromatic heterocycles. The number of halogens is 1. The van der Waals surface area contributed by atoms with Gasteiger partial charge in [-0.15, -0.1) is 0 Å². The van der Waals surface area contributed by atoms with Crippen LogP contribution in [-0.2, 0) is 6.54 Å². The standard InChI is InChI=1S/C13H17BrN2O2/c1-9(11-2-3-11)7-15-8-10-4-12(14)6-13(5-10)16(17)18/h4-6,9,11,15H,2-3,7-8H2,1H3. The summed E-state index contributed by atoms with van der Waals surface area (Å²) in [6.45, 7) is 3.91. The maximum absolute atomic E-state index is 10.7. The van der Waals surface area contributed by atoms with Gasteiger partial charge in [-0.3, -0.25) is 10.1 Å². The van der Waals surface area contributed by atoms with Gasteiger partial charge in [-0.25, -0.2) is 0 Å². The number of benzene rings is 1. The van der Waals surface area contributed by atoms with Crippen molar-refractivity contribution >= 4 is 21.6 Å². The Balaban J connectivity index is 1.89. The van der Waals surface area contributed by atoms with Crippen LogP contribution in [0, 0.1) is 22.0 Å². The van der Waals surface area contributed by atoms with E-state index in [1.54, 1.807) is 6.07 Å². The molecule has 0 heterocycles. The Kier molecular flexibility index (Phi) is 4.35. The highest BCUT2D eigenvalue weighted by Gasteiger charge is 2.27. The average Bonchev–Trinajstić information content (AvgIpc) is 3.11. The third-order valence-corrected chi connectivity index (χ3v) is 3.83. The van der Waals surface area contributed by atoms with Gasteiger partial charge in [0.2, 0.25) is 0 Å². The Bertz CT molecular complexity index is 447. The molecule has 1 N–H and O–H groups in total. The van der Waals surface area contributed by atoms with Gasteiger partial charge in [0.05, 0.1) is 4.92 Å². The van der Waals surface area contributed by atoms with E-state index in [-0.39, 0.29) is 10.6 Å². The lowest BCUT2D eigenvalue weighted by molar-refractivity contribution is -0.385. The van der Waals surface area contributed by atoms with E-state index < -0.39 is 0 Å². The molecule has 1 aromatic carbocycles. The van der Waals surface area contributed by atoms with Gasteiger partial charge in [0.15, 0.2) is 0 Å². The predicted molar refractivity (Wildman–Crippen MR) is 74.4 cm³/mol. The molecule has 0 spiro atoms. The maximum Gasteiger partial charge on any atom is 0.270 e. The molecule has 0 amide bonds. The topological polar surface area (TPSA) is 55.2 Å². The number of non-ortho nitro benzene ring substituents is 1. The summed E-state index contributed by atoms with van der Waals surface area (Å²) >= 11 is 3.30. The second-order valence-electron chi connectivity index (χ2n) is 5.02. The Morgan fingerprint density at radius 2 is 2.22 bits per heavy atom. The smallest absolute Gasteiger partial charge is 0.270 e. The molecule has 1 aliphatic rings. The highest BCUT2D eigenvalue weighted by molar-refractivity contribution is 9.10. The molecular weight excluding hydrogens is 296 g/mol. The van der Waals surface area contributed by atoms with E-state index >= 15 is 0 Å². The van der Waals surface area contributed by atoms with Crippen molar-refractivity contribution in [3.8, 4) is 0 Å². The van der Waals surface area contributed by atoms with Crippen LogP contribution in [0.2, 0.25) is 0 Å². The fourth-order valence-electron chi connectivity index (χ4n) is 2.12. The molecule has 0 saturated heterocycles. The number of hydrogen-bond acceptors (Lipinski definition) is 3. The summed E-state index contributed by atoms with van der Waals surface area (Å²) in [5.74, 6) is 1.58. The van der Waals surface area contributed by atoms with Gasteiger partial charge in [0.25, 0.3) is 5.69 Å². The molecule has 98 valence electrons. The minimum atomic E-state index is -0.360.